The molecule has 0 saturated carbocycles. The van der Waals surface area contributed by atoms with E-state index in [0.717, 1.165) is 9.40 Å². The molecule has 28 heavy (non-hydrogen) atoms. The van der Waals surface area contributed by atoms with Crippen LogP contribution in [0.3, 0.4) is 0 Å². The average molecular weight is 496 g/mol. The topological polar surface area (TPSA) is 30.7 Å². The predicted octanol–water partition coefficient (Wildman–Crippen LogP) is 5.91. The van der Waals surface area contributed by atoms with E-state index in [0.29, 0.717) is 3.43 Å². The zero-order valence-corrected chi connectivity index (χ0v) is 20.5. The quantitative estimate of drug-likeness (QED) is 0.342. The monoisotopic (exact) mass is 497 g/mol. The zero-order chi connectivity index (χ0) is 20.6. The standard InChI is InChI=1S/C13H27.C9H6F2N3.Sn/c1-4-7-10-13(11-8-5-2)12-9-6-3;1-6-5-12-13-14(6)9-7(10)3-2-4-8(9)11;/h4-12H2,1-3H3;2-4H,1H3;. The maximum atomic E-state index is 14.2. The Balaban J connectivity index is 2.37. The summed E-state index contributed by atoms with van der Waals surface area (Å²) in [5, 5.41) is 8.60. The van der Waals surface area contributed by atoms with E-state index in [-0.39, 0.29) is 5.69 Å². The molecule has 0 aliphatic heterocycles. The molecule has 1 aromatic carbocycles. The first-order valence-corrected chi connectivity index (χ1v) is 13.5. The summed E-state index contributed by atoms with van der Waals surface area (Å²) in [7, 11) is 0. The molecule has 0 amide bonds. The van der Waals surface area contributed by atoms with Crippen molar-refractivity contribution in [1.29, 1.82) is 0 Å². The van der Waals surface area contributed by atoms with Crippen molar-refractivity contribution in [2.45, 2.75) is 88.9 Å². The van der Waals surface area contributed by atoms with Gasteiger partial charge in [-0.2, -0.15) is 0 Å². The van der Waals surface area contributed by atoms with Crippen molar-refractivity contribution in [3.05, 3.63) is 35.5 Å². The molecule has 0 unspecified atom stereocenters. The third-order valence-electron chi connectivity index (χ3n) is 5.45. The van der Waals surface area contributed by atoms with Crippen molar-refractivity contribution < 1.29 is 8.78 Å². The number of rotatable bonds is 12. The second-order valence-corrected chi connectivity index (χ2v) is 12.8. The fourth-order valence-electron chi connectivity index (χ4n) is 3.71. The van der Waals surface area contributed by atoms with E-state index in [1.54, 1.807) is 0 Å². The Morgan fingerprint density at radius 1 is 0.929 bits per heavy atom. The molecular formula is C22H33F2N3Sn. The van der Waals surface area contributed by atoms with Gasteiger partial charge < -0.3 is 0 Å². The van der Waals surface area contributed by atoms with Crippen LogP contribution in [0.25, 0.3) is 5.69 Å². The van der Waals surface area contributed by atoms with E-state index < -0.39 is 32.8 Å². The van der Waals surface area contributed by atoms with Crippen molar-refractivity contribution in [3.63, 3.8) is 0 Å². The van der Waals surface area contributed by atoms with E-state index in [4.69, 9.17) is 0 Å². The summed E-state index contributed by atoms with van der Waals surface area (Å²) < 4.78 is 31.3. The average Bonchev–Trinajstić information content (AvgIpc) is 3.03. The van der Waals surface area contributed by atoms with Crippen molar-refractivity contribution in [3.8, 4) is 5.69 Å². The van der Waals surface area contributed by atoms with Gasteiger partial charge in [0.25, 0.3) is 0 Å². The Morgan fingerprint density at radius 3 is 1.89 bits per heavy atom. The molecule has 2 radical (unpaired) electrons. The molecule has 6 heteroatoms. The van der Waals surface area contributed by atoms with Crippen LogP contribution in [0.4, 0.5) is 8.78 Å². The molecule has 3 nitrogen and oxygen atoms in total. The molecular weight excluding hydrogens is 463 g/mol. The summed E-state index contributed by atoms with van der Waals surface area (Å²) in [6, 6.07) is 3.92. The van der Waals surface area contributed by atoms with Crippen molar-refractivity contribution in [2.24, 2.45) is 0 Å². The van der Waals surface area contributed by atoms with Crippen molar-refractivity contribution in [2.75, 3.05) is 0 Å². The number of unbranched alkanes of at least 4 members (excludes halogenated alkanes) is 3. The number of nitrogens with zero attached hydrogens (tertiary/aromatic N) is 3. The van der Waals surface area contributed by atoms with Crippen LogP contribution in [0, 0.1) is 18.6 Å². The molecule has 0 atom stereocenters. The van der Waals surface area contributed by atoms with Crippen LogP contribution in [-0.4, -0.2) is 36.1 Å². The SMILES string of the molecule is CCCC[C](CCCC)(CCCC)[Sn][c]1nnn(-c2c(F)cccc2F)c1C. The molecule has 0 aliphatic carbocycles. The summed E-state index contributed by atoms with van der Waals surface area (Å²) in [5.41, 5.74) is 0.698. The summed E-state index contributed by atoms with van der Waals surface area (Å²) in [6.07, 6.45) is 11.1. The first-order chi connectivity index (χ1) is 13.5. The van der Waals surface area contributed by atoms with Gasteiger partial charge in [-0.3, -0.25) is 0 Å². The van der Waals surface area contributed by atoms with E-state index in [1.807, 2.05) is 6.92 Å². The first-order valence-electron chi connectivity index (χ1n) is 10.6. The molecule has 154 valence electrons. The normalized spacial score (nSPS) is 11.9. The third kappa shape index (κ3) is 5.77. The number of hydrogen-bond acceptors (Lipinski definition) is 2. The summed E-state index contributed by atoms with van der Waals surface area (Å²) >= 11 is -1.09. The number of benzene rings is 1. The predicted molar refractivity (Wildman–Crippen MR) is 113 cm³/mol. The maximum absolute atomic E-state index is 14.2. The van der Waals surface area contributed by atoms with Gasteiger partial charge in [0, 0.05) is 0 Å². The number of hydrogen-bond donors (Lipinski definition) is 0. The van der Waals surface area contributed by atoms with Gasteiger partial charge in [-0.05, 0) is 0 Å². The van der Waals surface area contributed by atoms with Crippen LogP contribution in [0.5, 0.6) is 0 Å². The van der Waals surface area contributed by atoms with Gasteiger partial charge in [0.1, 0.15) is 0 Å². The molecule has 0 spiro atoms. The Bertz CT molecular complexity index is 703. The minimum absolute atomic E-state index is 0.112. The zero-order valence-electron chi connectivity index (χ0n) is 17.7. The molecule has 2 rings (SSSR count). The molecule has 0 fully saturated rings. The number of aromatic nitrogens is 3. The van der Waals surface area contributed by atoms with E-state index in [1.165, 1.54) is 80.7 Å². The van der Waals surface area contributed by atoms with E-state index >= 15 is 0 Å². The van der Waals surface area contributed by atoms with Gasteiger partial charge >= 0.3 is 179 Å². The molecule has 1 heterocycles. The van der Waals surface area contributed by atoms with Gasteiger partial charge in [0.05, 0.1) is 0 Å². The summed E-state index contributed by atoms with van der Waals surface area (Å²) in [4.78, 5) is 0. The Morgan fingerprint density at radius 2 is 1.43 bits per heavy atom. The molecule has 0 aliphatic rings. The fraction of sp³-hybridized carbons (Fsp3) is 0.636. The molecule has 1 aromatic heterocycles. The van der Waals surface area contributed by atoms with Gasteiger partial charge in [-0.1, -0.05) is 0 Å². The molecule has 2 aromatic rings. The summed E-state index contributed by atoms with van der Waals surface area (Å²) in [6.45, 7) is 8.65. The fourth-order valence-corrected chi connectivity index (χ4v) is 8.81. The minimum atomic E-state index is -1.09. The Labute approximate surface area is 178 Å². The molecule has 0 N–H and O–H groups in total. The first kappa shape index (κ1) is 23.3. The second kappa shape index (κ2) is 11.3. The van der Waals surface area contributed by atoms with Gasteiger partial charge in [-0.25, -0.2) is 0 Å². The Hall–Kier alpha value is -0.981. The van der Waals surface area contributed by atoms with Gasteiger partial charge in [0.15, 0.2) is 0 Å². The van der Waals surface area contributed by atoms with Crippen LogP contribution < -0.4 is 3.71 Å². The second-order valence-electron chi connectivity index (χ2n) is 7.72. The van der Waals surface area contributed by atoms with E-state index in [9.17, 15) is 8.78 Å². The van der Waals surface area contributed by atoms with Gasteiger partial charge in [-0.15, -0.1) is 0 Å². The van der Waals surface area contributed by atoms with Crippen molar-refractivity contribution >= 4 is 24.9 Å². The Kier molecular flexibility index (Phi) is 9.38. The van der Waals surface area contributed by atoms with Crippen LogP contribution in [0.2, 0.25) is 3.43 Å². The summed E-state index contributed by atoms with van der Waals surface area (Å²) in [5.74, 6) is -1.20. The van der Waals surface area contributed by atoms with Crippen molar-refractivity contribution in [1.82, 2.24) is 15.0 Å². The molecule has 0 bridgehead atoms. The van der Waals surface area contributed by atoms with Crippen LogP contribution in [0.15, 0.2) is 18.2 Å². The van der Waals surface area contributed by atoms with Gasteiger partial charge in [0.2, 0.25) is 0 Å². The number of halogens is 2. The third-order valence-corrected chi connectivity index (χ3v) is 11.1. The number of para-hydroxylation sites is 1. The van der Waals surface area contributed by atoms with Crippen LogP contribution >= 0.6 is 0 Å². The van der Waals surface area contributed by atoms with Crippen LogP contribution in [0.1, 0.15) is 84.3 Å². The van der Waals surface area contributed by atoms with Crippen LogP contribution in [-0.2, 0) is 0 Å². The van der Waals surface area contributed by atoms with E-state index in [2.05, 4.69) is 31.1 Å². The molecule has 0 saturated heterocycles.